The van der Waals surface area contributed by atoms with Gasteiger partial charge in [0.2, 0.25) is 5.88 Å². The number of carbonyl (C=O) groups excluding carboxylic acids is 1. The molecule has 2 rings (SSSR count). The van der Waals surface area contributed by atoms with Crippen LogP contribution in [-0.2, 0) is 9.53 Å². The summed E-state index contributed by atoms with van der Waals surface area (Å²) in [4.78, 5) is 27.0. The fourth-order valence-electron chi connectivity index (χ4n) is 2.01. The number of carbonyl (C=O) groups is 2. The number of hydrogen-bond acceptors (Lipinski definition) is 5. The Labute approximate surface area is 138 Å². The summed E-state index contributed by atoms with van der Waals surface area (Å²) >= 11 is 0. The number of carboxylic acid groups (broad SMARTS) is 1. The smallest absolute Gasteiger partial charge is 0.340 e. The Hall–Kier alpha value is -2.43. The van der Waals surface area contributed by atoms with Crippen LogP contribution in [0.5, 0.6) is 5.88 Å². The van der Waals surface area contributed by atoms with Gasteiger partial charge in [0.05, 0.1) is 12.2 Å². The van der Waals surface area contributed by atoms with Gasteiger partial charge >= 0.3 is 18.3 Å². The van der Waals surface area contributed by atoms with Crippen LogP contribution in [0, 0.1) is 0 Å². The minimum atomic E-state index is -4.33. The topological polar surface area (TPSA) is 97.8 Å². The second-order valence-electron chi connectivity index (χ2n) is 5.38. The minimum Gasteiger partial charge on any atom is -0.479 e. The fourth-order valence-corrected chi connectivity index (χ4v) is 2.01. The van der Waals surface area contributed by atoms with Crippen LogP contribution in [-0.4, -0.2) is 59.7 Å². The van der Waals surface area contributed by atoms with Gasteiger partial charge in [0.1, 0.15) is 0 Å². The van der Waals surface area contributed by atoms with Crippen molar-refractivity contribution in [1.29, 1.82) is 0 Å². The predicted molar refractivity (Wildman–Crippen MR) is 74.0 cm³/mol. The van der Waals surface area contributed by atoms with E-state index in [2.05, 4.69) is 15.0 Å². The summed E-state index contributed by atoms with van der Waals surface area (Å²) < 4.78 is 59.0. The Balaban J connectivity index is 1.99. The van der Waals surface area contributed by atoms with Crippen molar-refractivity contribution in [3.63, 3.8) is 0 Å². The summed E-state index contributed by atoms with van der Waals surface area (Å²) in [5, 5.41) is 11.6. The standard InChI is InChI=1S/C14H14F4N2O5/c15-11(16)14(17,18)7-25-9-2-1-8(5-19-9)10(21)20-13(12(22)23)3-4-24-6-13/h1-2,5,11H,3-4,6-7H2,(H,20,21)(H,22,23). The molecule has 11 heteroatoms. The number of nitrogens with zero attached hydrogens (tertiary/aromatic N) is 1. The average Bonchev–Trinajstić information content (AvgIpc) is 3.03. The zero-order chi connectivity index (χ0) is 18.7. The maximum absolute atomic E-state index is 12.8. The summed E-state index contributed by atoms with van der Waals surface area (Å²) in [5.41, 5.74) is -1.61. The number of ether oxygens (including phenoxy) is 2. The number of rotatable bonds is 7. The van der Waals surface area contributed by atoms with Crippen molar-refractivity contribution in [2.24, 2.45) is 0 Å². The van der Waals surface area contributed by atoms with Crippen molar-refractivity contribution in [3.8, 4) is 5.88 Å². The minimum absolute atomic E-state index is 0.0551. The highest BCUT2D eigenvalue weighted by molar-refractivity contribution is 5.97. The lowest BCUT2D eigenvalue weighted by Crippen LogP contribution is -2.55. The maximum Gasteiger partial charge on any atom is 0.340 e. The zero-order valence-corrected chi connectivity index (χ0v) is 12.7. The molecule has 2 N–H and O–H groups in total. The lowest BCUT2D eigenvalue weighted by molar-refractivity contribution is -0.148. The van der Waals surface area contributed by atoms with Crippen LogP contribution in [0.2, 0.25) is 0 Å². The summed E-state index contributed by atoms with van der Waals surface area (Å²) in [7, 11) is 0. The molecule has 138 valence electrons. The van der Waals surface area contributed by atoms with E-state index in [0.29, 0.717) is 0 Å². The molecule has 1 aliphatic heterocycles. The number of aliphatic carboxylic acids is 1. The number of aromatic nitrogens is 1. The molecule has 0 aliphatic carbocycles. The Morgan fingerprint density at radius 1 is 1.44 bits per heavy atom. The molecule has 1 aromatic heterocycles. The zero-order valence-electron chi connectivity index (χ0n) is 12.7. The second kappa shape index (κ2) is 7.21. The molecule has 0 aromatic carbocycles. The first-order valence-corrected chi connectivity index (χ1v) is 7.05. The number of amides is 1. The van der Waals surface area contributed by atoms with Crippen molar-refractivity contribution in [1.82, 2.24) is 10.3 Å². The van der Waals surface area contributed by atoms with Gasteiger partial charge in [-0.3, -0.25) is 4.79 Å². The SMILES string of the molecule is O=C(NC1(C(=O)O)CCOC1)c1ccc(OCC(F)(F)C(F)F)nc1. The van der Waals surface area contributed by atoms with Gasteiger partial charge in [-0.2, -0.15) is 8.78 Å². The maximum atomic E-state index is 12.8. The van der Waals surface area contributed by atoms with Gasteiger partial charge < -0.3 is 19.9 Å². The lowest BCUT2D eigenvalue weighted by atomic mass is 9.98. The first-order valence-electron chi connectivity index (χ1n) is 7.05. The number of nitrogens with one attached hydrogen (secondary N) is 1. The van der Waals surface area contributed by atoms with Crippen molar-refractivity contribution >= 4 is 11.9 Å². The molecule has 1 unspecified atom stereocenters. The third-order valence-corrected chi connectivity index (χ3v) is 3.51. The third-order valence-electron chi connectivity index (χ3n) is 3.51. The van der Waals surface area contributed by atoms with Crippen LogP contribution in [0.4, 0.5) is 17.6 Å². The molecule has 1 fully saturated rings. The van der Waals surface area contributed by atoms with Gasteiger partial charge in [0.25, 0.3) is 5.91 Å². The number of pyridine rings is 1. The van der Waals surface area contributed by atoms with Crippen LogP contribution in [0.25, 0.3) is 0 Å². The quantitative estimate of drug-likeness (QED) is 0.707. The van der Waals surface area contributed by atoms with E-state index in [1.165, 1.54) is 0 Å². The van der Waals surface area contributed by atoms with E-state index in [1.807, 2.05) is 0 Å². The van der Waals surface area contributed by atoms with Crippen LogP contribution in [0.3, 0.4) is 0 Å². The Morgan fingerprint density at radius 3 is 2.64 bits per heavy atom. The summed E-state index contributed by atoms with van der Waals surface area (Å²) in [6.45, 7) is -1.58. The van der Waals surface area contributed by atoms with Crippen molar-refractivity contribution in [2.45, 2.75) is 24.3 Å². The molecule has 0 spiro atoms. The molecule has 1 aromatic rings. The average molecular weight is 366 g/mol. The van der Waals surface area contributed by atoms with E-state index in [0.717, 1.165) is 18.3 Å². The number of halogens is 4. The molecule has 25 heavy (non-hydrogen) atoms. The first kappa shape index (κ1) is 18.9. The highest BCUT2D eigenvalue weighted by atomic mass is 19.3. The monoisotopic (exact) mass is 366 g/mol. The molecule has 0 bridgehead atoms. The largest absolute Gasteiger partial charge is 0.479 e. The molecular weight excluding hydrogens is 352 g/mol. The Morgan fingerprint density at radius 2 is 2.16 bits per heavy atom. The van der Waals surface area contributed by atoms with Crippen LogP contribution < -0.4 is 10.1 Å². The third kappa shape index (κ3) is 4.35. The Kier molecular flexibility index (Phi) is 5.45. The summed E-state index contributed by atoms with van der Waals surface area (Å²) in [6, 6.07) is 2.18. The van der Waals surface area contributed by atoms with Crippen LogP contribution in [0.15, 0.2) is 18.3 Å². The molecule has 1 aliphatic rings. The second-order valence-corrected chi connectivity index (χ2v) is 5.38. The predicted octanol–water partition coefficient (Wildman–Crippen LogP) is 1.33. The van der Waals surface area contributed by atoms with Crippen LogP contribution >= 0.6 is 0 Å². The molecule has 1 amide bonds. The van der Waals surface area contributed by atoms with Gasteiger partial charge in [-0.1, -0.05) is 0 Å². The van der Waals surface area contributed by atoms with Crippen molar-refractivity contribution in [2.75, 3.05) is 19.8 Å². The normalized spacial score (nSPS) is 20.5. The summed E-state index contributed by atoms with van der Waals surface area (Å²) in [5.74, 6) is -6.71. The van der Waals surface area contributed by atoms with E-state index < -0.39 is 36.4 Å². The fraction of sp³-hybridized carbons (Fsp3) is 0.500. The summed E-state index contributed by atoms with van der Waals surface area (Å²) in [6.07, 6.45) is -2.83. The first-order chi connectivity index (χ1) is 11.7. The molecule has 0 radical (unpaired) electrons. The van der Waals surface area contributed by atoms with Gasteiger partial charge in [0, 0.05) is 25.3 Å². The number of hydrogen-bond donors (Lipinski definition) is 2. The molecule has 0 saturated carbocycles. The molecule has 2 heterocycles. The van der Waals surface area contributed by atoms with Crippen molar-refractivity contribution in [3.05, 3.63) is 23.9 Å². The number of carboxylic acids is 1. The van der Waals surface area contributed by atoms with E-state index in [9.17, 15) is 32.3 Å². The lowest BCUT2D eigenvalue weighted by Gasteiger charge is -2.23. The number of alkyl halides is 4. The van der Waals surface area contributed by atoms with E-state index in [-0.39, 0.29) is 31.1 Å². The van der Waals surface area contributed by atoms with Gasteiger partial charge in [-0.15, -0.1) is 0 Å². The highest BCUT2D eigenvalue weighted by Crippen LogP contribution is 2.24. The van der Waals surface area contributed by atoms with E-state index in [1.54, 1.807) is 0 Å². The van der Waals surface area contributed by atoms with Crippen molar-refractivity contribution < 1.29 is 41.7 Å². The van der Waals surface area contributed by atoms with Gasteiger partial charge in [-0.05, 0) is 6.07 Å². The highest BCUT2D eigenvalue weighted by Gasteiger charge is 2.44. The molecule has 1 saturated heterocycles. The van der Waals surface area contributed by atoms with E-state index in [4.69, 9.17) is 4.74 Å². The van der Waals surface area contributed by atoms with Gasteiger partial charge in [0.15, 0.2) is 12.1 Å². The van der Waals surface area contributed by atoms with Gasteiger partial charge in [-0.25, -0.2) is 18.6 Å². The van der Waals surface area contributed by atoms with Crippen LogP contribution in [0.1, 0.15) is 16.8 Å². The Bertz CT molecular complexity index is 633. The molecule has 1 atom stereocenters. The molecule has 7 nitrogen and oxygen atoms in total. The molecular formula is C14H14F4N2O5. The van der Waals surface area contributed by atoms with E-state index >= 15 is 0 Å².